The van der Waals surface area contributed by atoms with Crippen molar-refractivity contribution in [2.24, 2.45) is 0 Å². The summed E-state index contributed by atoms with van der Waals surface area (Å²) in [7, 11) is 0. The van der Waals surface area contributed by atoms with Crippen molar-refractivity contribution >= 4 is 23.0 Å². The van der Waals surface area contributed by atoms with Crippen molar-refractivity contribution in [3.05, 3.63) is 40.3 Å². The van der Waals surface area contributed by atoms with Crippen LogP contribution in [0.4, 0.5) is 5.69 Å². The Kier molecular flexibility index (Phi) is 4.10. The van der Waals surface area contributed by atoms with Crippen LogP contribution < -0.4 is 5.73 Å². The minimum atomic E-state index is -0.520. The predicted octanol–water partition coefficient (Wildman–Crippen LogP) is 4.57. The van der Waals surface area contributed by atoms with Crippen LogP contribution in [-0.2, 0) is 4.74 Å². The van der Waals surface area contributed by atoms with E-state index in [1.165, 1.54) is 22.5 Å². The number of hydrogen-bond donors (Lipinski definition) is 1. The van der Waals surface area contributed by atoms with Gasteiger partial charge in [-0.05, 0) is 51.8 Å². The van der Waals surface area contributed by atoms with Crippen LogP contribution in [0.1, 0.15) is 41.6 Å². The molecule has 0 atom stereocenters. The van der Waals surface area contributed by atoms with E-state index >= 15 is 0 Å². The molecule has 3 nitrogen and oxygen atoms in total. The number of hydrogen-bond acceptors (Lipinski definition) is 4. The number of thiophene rings is 1. The molecule has 0 aliphatic rings. The van der Waals surface area contributed by atoms with Crippen LogP contribution in [0, 0.1) is 13.8 Å². The van der Waals surface area contributed by atoms with Crippen LogP contribution in [0.2, 0.25) is 0 Å². The van der Waals surface area contributed by atoms with E-state index < -0.39 is 5.60 Å². The number of anilines is 1. The van der Waals surface area contributed by atoms with Crippen LogP contribution in [0.5, 0.6) is 0 Å². The van der Waals surface area contributed by atoms with Gasteiger partial charge in [0.15, 0.2) is 0 Å². The van der Waals surface area contributed by atoms with Gasteiger partial charge in [0.25, 0.3) is 0 Å². The average Bonchev–Trinajstić information content (AvgIpc) is 2.68. The minimum Gasteiger partial charge on any atom is -0.456 e. The first-order valence-electron chi connectivity index (χ1n) is 6.87. The van der Waals surface area contributed by atoms with E-state index in [9.17, 15) is 4.79 Å². The fraction of sp³-hybridized carbons (Fsp3) is 0.353. The predicted molar refractivity (Wildman–Crippen MR) is 88.8 cm³/mol. The zero-order chi connectivity index (χ0) is 15.8. The second-order valence-corrected chi connectivity index (χ2v) is 7.27. The van der Waals surface area contributed by atoms with Crippen LogP contribution >= 0.6 is 11.3 Å². The molecule has 0 aliphatic heterocycles. The molecule has 0 amide bonds. The van der Waals surface area contributed by atoms with E-state index in [1.807, 2.05) is 26.8 Å². The summed E-state index contributed by atoms with van der Waals surface area (Å²) in [6.45, 7) is 9.66. The summed E-state index contributed by atoms with van der Waals surface area (Å²) in [4.78, 5) is 13.6. The summed E-state index contributed by atoms with van der Waals surface area (Å²) >= 11 is 1.38. The lowest BCUT2D eigenvalue weighted by Crippen LogP contribution is -2.23. The zero-order valence-corrected chi connectivity index (χ0v) is 13.9. The van der Waals surface area contributed by atoms with E-state index in [1.54, 1.807) is 0 Å². The maximum atomic E-state index is 12.2. The van der Waals surface area contributed by atoms with Crippen molar-refractivity contribution in [2.45, 2.75) is 40.2 Å². The van der Waals surface area contributed by atoms with Gasteiger partial charge in [-0.2, -0.15) is 0 Å². The molecule has 2 rings (SSSR count). The molecule has 1 heterocycles. The first-order chi connectivity index (χ1) is 9.67. The molecule has 2 aromatic rings. The third kappa shape index (κ3) is 3.64. The quantitative estimate of drug-likeness (QED) is 0.827. The smallest absolute Gasteiger partial charge is 0.350 e. The van der Waals surface area contributed by atoms with Gasteiger partial charge in [0, 0.05) is 4.88 Å². The molecule has 1 aromatic heterocycles. The molecular formula is C17H21NO2S. The number of rotatable bonds is 2. The van der Waals surface area contributed by atoms with Gasteiger partial charge in [-0.3, -0.25) is 0 Å². The number of ether oxygens (including phenoxy) is 1. The molecule has 0 unspecified atom stereocenters. The van der Waals surface area contributed by atoms with Crippen LogP contribution in [-0.4, -0.2) is 11.6 Å². The molecule has 0 saturated carbocycles. The van der Waals surface area contributed by atoms with Gasteiger partial charge in [0.05, 0.1) is 5.69 Å². The Morgan fingerprint density at radius 3 is 2.43 bits per heavy atom. The molecule has 0 fully saturated rings. The lowest BCUT2D eigenvalue weighted by Gasteiger charge is -2.18. The summed E-state index contributed by atoms with van der Waals surface area (Å²) in [5.41, 5.74) is 9.44. The van der Waals surface area contributed by atoms with E-state index in [4.69, 9.17) is 10.5 Å². The summed E-state index contributed by atoms with van der Waals surface area (Å²) in [5, 5.41) is 0. The summed E-state index contributed by atoms with van der Waals surface area (Å²) in [6.07, 6.45) is 0. The fourth-order valence-electron chi connectivity index (χ4n) is 2.11. The number of esters is 1. The zero-order valence-electron chi connectivity index (χ0n) is 13.1. The van der Waals surface area contributed by atoms with Crippen molar-refractivity contribution in [3.63, 3.8) is 0 Å². The van der Waals surface area contributed by atoms with Crippen molar-refractivity contribution < 1.29 is 9.53 Å². The molecule has 2 N–H and O–H groups in total. The van der Waals surface area contributed by atoms with Gasteiger partial charge >= 0.3 is 5.97 Å². The third-order valence-electron chi connectivity index (χ3n) is 2.99. The Balaban J connectivity index is 2.37. The Morgan fingerprint density at radius 1 is 1.19 bits per heavy atom. The molecule has 0 radical (unpaired) electrons. The molecule has 0 spiro atoms. The van der Waals surface area contributed by atoms with Gasteiger partial charge in [0.1, 0.15) is 10.5 Å². The van der Waals surface area contributed by atoms with Crippen LogP contribution in [0.25, 0.3) is 10.4 Å². The lowest BCUT2D eigenvalue weighted by molar-refractivity contribution is 0.00764. The highest BCUT2D eigenvalue weighted by molar-refractivity contribution is 7.18. The van der Waals surface area contributed by atoms with Crippen molar-refractivity contribution in [1.29, 1.82) is 0 Å². The Morgan fingerprint density at radius 2 is 1.86 bits per heavy atom. The van der Waals surface area contributed by atoms with Gasteiger partial charge < -0.3 is 10.5 Å². The van der Waals surface area contributed by atoms with E-state index in [2.05, 4.69) is 32.0 Å². The molecule has 1 aromatic carbocycles. The highest BCUT2D eigenvalue weighted by atomic mass is 32.1. The fourth-order valence-corrected chi connectivity index (χ4v) is 3.16. The highest BCUT2D eigenvalue weighted by Crippen LogP contribution is 2.36. The number of nitrogen functional groups attached to an aromatic ring is 1. The highest BCUT2D eigenvalue weighted by Gasteiger charge is 2.22. The number of benzene rings is 1. The minimum absolute atomic E-state index is 0.360. The van der Waals surface area contributed by atoms with Gasteiger partial charge in [0.2, 0.25) is 0 Å². The maximum Gasteiger partial charge on any atom is 0.350 e. The van der Waals surface area contributed by atoms with Gasteiger partial charge in [-0.1, -0.05) is 23.8 Å². The van der Waals surface area contributed by atoms with Crippen LogP contribution in [0.3, 0.4) is 0 Å². The second-order valence-electron chi connectivity index (χ2n) is 6.22. The Bertz CT molecular complexity index is 681. The number of nitrogens with two attached hydrogens (primary N) is 1. The average molecular weight is 303 g/mol. The molecule has 4 heteroatoms. The molecule has 112 valence electrons. The van der Waals surface area contributed by atoms with Crippen molar-refractivity contribution in [3.8, 4) is 10.4 Å². The topological polar surface area (TPSA) is 52.3 Å². The van der Waals surface area contributed by atoms with Gasteiger partial charge in [-0.25, -0.2) is 4.79 Å². The molecular weight excluding hydrogens is 282 g/mol. The maximum absolute atomic E-state index is 12.2. The lowest BCUT2D eigenvalue weighted by atomic mass is 10.0. The third-order valence-corrected chi connectivity index (χ3v) is 4.16. The molecule has 21 heavy (non-hydrogen) atoms. The summed E-state index contributed by atoms with van der Waals surface area (Å²) in [6, 6.07) is 8.10. The van der Waals surface area contributed by atoms with E-state index in [-0.39, 0.29) is 5.97 Å². The second kappa shape index (κ2) is 5.53. The van der Waals surface area contributed by atoms with E-state index in [0.717, 1.165) is 10.4 Å². The van der Waals surface area contributed by atoms with Crippen molar-refractivity contribution in [2.75, 3.05) is 5.73 Å². The summed E-state index contributed by atoms with van der Waals surface area (Å²) in [5.74, 6) is -0.360. The first-order valence-corrected chi connectivity index (χ1v) is 7.69. The molecule has 0 saturated heterocycles. The number of carbonyl (C=O) groups excluding carboxylic acids is 1. The van der Waals surface area contributed by atoms with Crippen molar-refractivity contribution in [1.82, 2.24) is 0 Å². The largest absolute Gasteiger partial charge is 0.456 e. The van der Waals surface area contributed by atoms with Crippen LogP contribution in [0.15, 0.2) is 24.3 Å². The monoisotopic (exact) mass is 303 g/mol. The summed E-state index contributed by atoms with van der Waals surface area (Å²) < 4.78 is 5.39. The number of carbonyl (C=O) groups is 1. The van der Waals surface area contributed by atoms with E-state index in [0.29, 0.717) is 10.6 Å². The standard InChI is InChI=1S/C17H21NO2S/c1-10-6-7-12(11(2)8-10)14-9-13(18)15(21-14)16(19)20-17(3,4)5/h6-9H,18H2,1-5H3. The SMILES string of the molecule is Cc1ccc(-c2cc(N)c(C(=O)OC(C)(C)C)s2)c(C)c1. The first kappa shape index (κ1) is 15.6. The molecule has 0 bridgehead atoms. The normalized spacial score (nSPS) is 11.5. The number of aryl methyl sites for hydroxylation is 2. The Hall–Kier alpha value is -1.81. The Labute approximate surface area is 129 Å². The molecule has 0 aliphatic carbocycles. The van der Waals surface area contributed by atoms with Gasteiger partial charge in [-0.15, -0.1) is 11.3 Å².